The molecule has 0 aromatic heterocycles. The van der Waals surface area contributed by atoms with E-state index in [2.05, 4.69) is 39.8 Å². The summed E-state index contributed by atoms with van der Waals surface area (Å²) in [5.74, 6) is 0.192. The highest BCUT2D eigenvalue weighted by molar-refractivity contribution is 6.14. The highest BCUT2D eigenvalue weighted by Gasteiger charge is 2.44. The summed E-state index contributed by atoms with van der Waals surface area (Å²) in [4.78, 5) is 26.0. The van der Waals surface area contributed by atoms with Crippen molar-refractivity contribution < 1.29 is 14.3 Å². The van der Waals surface area contributed by atoms with Gasteiger partial charge in [0.05, 0.1) is 11.7 Å². The lowest BCUT2D eigenvalue weighted by molar-refractivity contribution is -0.125. The number of ketones is 2. The number of aryl methyl sites for hydroxylation is 3. The molecule has 0 spiro atoms. The maximum absolute atomic E-state index is 13.2. The predicted molar refractivity (Wildman–Crippen MR) is 113 cm³/mol. The lowest BCUT2D eigenvalue weighted by atomic mass is 9.80. The molecule has 3 heteroatoms. The largest absolute Gasteiger partial charge is 0.373 e. The van der Waals surface area contributed by atoms with Crippen LogP contribution in [0.15, 0.2) is 12.1 Å². The van der Waals surface area contributed by atoms with E-state index in [-0.39, 0.29) is 23.1 Å². The number of benzene rings is 1. The van der Waals surface area contributed by atoms with E-state index in [9.17, 15) is 9.59 Å². The van der Waals surface area contributed by atoms with Gasteiger partial charge in [-0.15, -0.1) is 0 Å². The molecule has 0 radical (unpaired) electrons. The fourth-order valence-corrected chi connectivity index (χ4v) is 5.39. The Bertz CT molecular complexity index is 725. The average molecular weight is 385 g/mol. The van der Waals surface area contributed by atoms with Gasteiger partial charge in [0.2, 0.25) is 0 Å². The van der Waals surface area contributed by atoms with Crippen molar-refractivity contribution in [3.8, 4) is 0 Å². The molecular weight excluding hydrogens is 348 g/mol. The summed E-state index contributed by atoms with van der Waals surface area (Å²) in [5.41, 5.74) is 4.20. The molecule has 0 bridgehead atoms. The van der Waals surface area contributed by atoms with Gasteiger partial charge in [0.1, 0.15) is 11.7 Å². The third kappa shape index (κ3) is 4.74. The second-order valence-corrected chi connectivity index (χ2v) is 10.1. The van der Waals surface area contributed by atoms with E-state index in [0.717, 1.165) is 48.8 Å². The molecule has 2 saturated carbocycles. The Morgan fingerprint density at radius 3 is 2.07 bits per heavy atom. The van der Waals surface area contributed by atoms with Gasteiger partial charge in [0, 0.05) is 12.3 Å². The summed E-state index contributed by atoms with van der Waals surface area (Å²) in [6.07, 6.45) is 5.97. The topological polar surface area (TPSA) is 43.4 Å². The first-order valence-electron chi connectivity index (χ1n) is 10.9. The van der Waals surface area contributed by atoms with Crippen LogP contribution in [0.25, 0.3) is 0 Å². The fourth-order valence-electron chi connectivity index (χ4n) is 5.39. The van der Waals surface area contributed by atoms with Crippen LogP contribution in [-0.2, 0) is 14.3 Å². The molecule has 28 heavy (non-hydrogen) atoms. The minimum Gasteiger partial charge on any atom is -0.373 e. The summed E-state index contributed by atoms with van der Waals surface area (Å²) >= 11 is 0. The number of hydrogen-bond donors (Lipinski definition) is 0. The predicted octanol–water partition coefficient (Wildman–Crippen LogP) is 5.62. The molecule has 3 nitrogen and oxygen atoms in total. The molecule has 2 fully saturated rings. The molecule has 0 heterocycles. The van der Waals surface area contributed by atoms with Crippen molar-refractivity contribution >= 4 is 11.6 Å². The van der Waals surface area contributed by atoms with E-state index in [1.165, 1.54) is 5.56 Å². The number of rotatable bonds is 4. The zero-order valence-corrected chi connectivity index (χ0v) is 18.4. The highest BCUT2D eigenvalue weighted by atomic mass is 16.5. The third-order valence-corrected chi connectivity index (χ3v) is 6.42. The molecule has 0 saturated heterocycles. The first kappa shape index (κ1) is 21.2. The average Bonchev–Trinajstić information content (AvgIpc) is 2.82. The number of Topliss-reactive ketones (excluding diaryl/α,β-unsaturated/α-hetero) is 2. The number of ether oxygens (including phenoxy) is 1. The van der Waals surface area contributed by atoms with Crippen molar-refractivity contribution in [3.05, 3.63) is 34.4 Å². The Labute approximate surface area is 170 Å². The summed E-state index contributed by atoms with van der Waals surface area (Å²) < 4.78 is 6.12. The van der Waals surface area contributed by atoms with Crippen LogP contribution in [0.1, 0.15) is 87.5 Å². The zero-order chi connectivity index (χ0) is 20.6. The van der Waals surface area contributed by atoms with Crippen molar-refractivity contribution in [2.75, 3.05) is 0 Å². The van der Waals surface area contributed by atoms with Crippen molar-refractivity contribution in [2.45, 2.75) is 97.7 Å². The molecule has 2 aliphatic rings. The maximum atomic E-state index is 13.2. The smallest absolute Gasteiger partial charge is 0.151 e. The van der Waals surface area contributed by atoms with Crippen LogP contribution < -0.4 is 0 Å². The van der Waals surface area contributed by atoms with E-state index < -0.39 is 5.92 Å². The van der Waals surface area contributed by atoms with Gasteiger partial charge in [-0.05, 0) is 96.3 Å². The van der Waals surface area contributed by atoms with E-state index in [1.54, 1.807) is 0 Å². The Morgan fingerprint density at radius 1 is 0.964 bits per heavy atom. The van der Waals surface area contributed by atoms with Gasteiger partial charge in [-0.25, -0.2) is 0 Å². The normalized spacial score (nSPS) is 28.8. The van der Waals surface area contributed by atoms with Gasteiger partial charge in [0.25, 0.3) is 0 Å². The molecule has 154 valence electrons. The SMILES string of the molecule is Cc1cc(C)c(C2C(=O)CC(CC3CCC(OC(C)(C)C)CC3)C2=O)c(C)c1. The van der Waals surface area contributed by atoms with Crippen molar-refractivity contribution in [1.82, 2.24) is 0 Å². The quantitative estimate of drug-likeness (QED) is 0.633. The monoisotopic (exact) mass is 384 g/mol. The first-order chi connectivity index (χ1) is 13.0. The number of carbonyl (C=O) groups is 2. The fraction of sp³-hybridized carbons (Fsp3) is 0.680. The van der Waals surface area contributed by atoms with Crippen LogP contribution in [-0.4, -0.2) is 23.3 Å². The van der Waals surface area contributed by atoms with Crippen LogP contribution in [0.2, 0.25) is 0 Å². The molecule has 1 aromatic rings. The second-order valence-electron chi connectivity index (χ2n) is 10.1. The molecule has 3 rings (SSSR count). The van der Waals surface area contributed by atoms with Crippen molar-refractivity contribution in [2.24, 2.45) is 11.8 Å². The van der Waals surface area contributed by atoms with E-state index in [1.807, 2.05) is 13.8 Å². The van der Waals surface area contributed by atoms with Crippen LogP contribution in [0.5, 0.6) is 0 Å². The maximum Gasteiger partial charge on any atom is 0.151 e. The standard InChI is InChI=1S/C25H36O3/c1-15-11-16(2)22(17(3)12-15)23-21(26)14-19(24(23)27)13-18-7-9-20(10-8-18)28-25(4,5)6/h11-12,18-20,23H,7-10,13-14H2,1-6H3. The van der Waals surface area contributed by atoms with Crippen LogP contribution in [0.4, 0.5) is 0 Å². The van der Waals surface area contributed by atoms with Crippen LogP contribution in [0.3, 0.4) is 0 Å². The number of carbonyl (C=O) groups excluding carboxylic acids is 2. The Morgan fingerprint density at radius 2 is 1.54 bits per heavy atom. The van der Waals surface area contributed by atoms with Gasteiger partial charge in [-0.1, -0.05) is 17.7 Å². The molecule has 0 amide bonds. The van der Waals surface area contributed by atoms with Crippen LogP contribution in [0, 0.1) is 32.6 Å². The van der Waals surface area contributed by atoms with Gasteiger partial charge in [-0.3, -0.25) is 9.59 Å². The second kappa shape index (κ2) is 8.10. The molecule has 1 aromatic carbocycles. The van der Waals surface area contributed by atoms with E-state index in [4.69, 9.17) is 4.74 Å². The molecule has 2 unspecified atom stereocenters. The Kier molecular flexibility index (Phi) is 6.14. The van der Waals surface area contributed by atoms with Gasteiger partial charge < -0.3 is 4.74 Å². The molecular formula is C25H36O3. The minimum absolute atomic E-state index is 0.0947. The summed E-state index contributed by atoms with van der Waals surface area (Å²) in [6, 6.07) is 4.18. The van der Waals surface area contributed by atoms with Gasteiger partial charge >= 0.3 is 0 Å². The van der Waals surface area contributed by atoms with E-state index >= 15 is 0 Å². The van der Waals surface area contributed by atoms with E-state index in [0.29, 0.717) is 18.4 Å². The van der Waals surface area contributed by atoms with Crippen LogP contribution >= 0.6 is 0 Å². The lowest BCUT2D eigenvalue weighted by Gasteiger charge is -2.34. The zero-order valence-electron chi connectivity index (χ0n) is 18.4. The third-order valence-electron chi connectivity index (χ3n) is 6.42. The molecule has 0 aliphatic heterocycles. The Balaban J connectivity index is 1.64. The molecule has 0 N–H and O–H groups in total. The summed E-state index contributed by atoms with van der Waals surface area (Å²) in [5, 5.41) is 0. The summed E-state index contributed by atoms with van der Waals surface area (Å²) in [6.45, 7) is 12.4. The van der Waals surface area contributed by atoms with Gasteiger partial charge in [-0.2, -0.15) is 0 Å². The van der Waals surface area contributed by atoms with Crippen molar-refractivity contribution in [1.29, 1.82) is 0 Å². The Hall–Kier alpha value is -1.48. The minimum atomic E-state index is -0.536. The first-order valence-corrected chi connectivity index (χ1v) is 10.9. The molecule has 2 atom stereocenters. The number of hydrogen-bond acceptors (Lipinski definition) is 3. The highest BCUT2D eigenvalue weighted by Crippen LogP contribution is 2.41. The van der Waals surface area contributed by atoms with Gasteiger partial charge in [0.15, 0.2) is 5.78 Å². The summed E-state index contributed by atoms with van der Waals surface area (Å²) in [7, 11) is 0. The van der Waals surface area contributed by atoms with Crippen molar-refractivity contribution in [3.63, 3.8) is 0 Å². The molecule has 2 aliphatic carbocycles. The lowest BCUT2D eigenvalue weighted by Crippen LogP contribution is -2.31.